The number of pyridine rings is 1. The van der Waals surface area contributed by atoms with Crippen LogP contribution in [0.5, 0.6) is 5.88 Å². The van der Waals surface area contributed by atoms with E-state index >= 15 is 0 Å². The van der Waals surface area contributed by atoms with Crippen LogP contribution in [-0.4, -0.2) is 64.7 Å². The molecule has 1 saturated heterocycles. The van der Waals surface area contributed by atoms with Crippen LogP contribution < -0.4 is 10.1 Å². The van der Waals surface area contributed by atoms with Crippen molar-refractivity contribution in [2.75, 3.05) is 31.5 Å². The molecule has 206 valence electrons. The van der Waals surface area contributed by atoms with Gasteiger partial charge in [-0.25, -0.2) is 14.2 Å². The number of hydrogen-bond acceptors (Lipinski definition) is 6. The number of ether oxygens (including phenoxy) is 2. The largest absolute Gasteiger partial charge is 0.474 e. The van der Waals surface area contributed by atoms with Crippen LogP contribution in [0.3, 0.4) is 0 Å². The predicted molar refractivity (Wildman–Crippen MR) is 143 cm³/mol. The van der Waals surface area contributed by atoms with Crippen LogP contribution in [0, 0.1) is 18.7 Å². The third kappa shape index (κ3) is 7.90. The monoisotopic (exact) mass is 526 g/mol. The van der Waals surface area contributed by atoms with Crippen molar-refractivity contribution in [3.05, 3.63) is 53.5 Å². The number of carbonyl (C=O) groups excluding carboxylic acids is 2. The second-order valence-corrected chi connectivity index (χ2v) is 11.3. The highest BCUT2D eigenvalue weighted by molar-refractivity contribution is 5.92. The molecule has 0 spiro atoms. The Hall–Kier alpha value is -3.20. The molecular weight excluding hydrogens is 487 g/mol. The van der Waals surface area contributed by atoms with Gasteiger partial charge >= 0.3 is 6.09 Å². The van der Waals surface area contributed by atoms with Crippen molar-refractivity contribution in [3.8, 4) is 5.88 Å². The number of aromatic nitrogens is 1. The third-order valence-corrected chi connectivity index (χ3v) is 7.06. The first-order chi connectivity index (χ1) is 18.1. The number of nitrogens with zero attached hydrogens (tertiary/aromatic N) is 3. The van der Waals surface area contributed by atoms with Gasteiger partial charge in [0.25, 0.3) is 0 Å². The summed E-state index contributed by atoms with van der Waals surface area (Å²) >= 11 is 0. The van der Waals surface area contributed by atoms with Crippen LogP contribution in [0.15, 0.2) is 36.5 Å². The molecule has 1 aliphatic heterocycles. The molecular formula is C29H39FN4O4. The number of benzene rings is 1. The summed E-state index contributed by atoms with van der Waals surface area (Å²) in [5.74, 6) is 0.00460. The first-order valence-electron chi connectivity index (χ1n) is 13.4. The number of rotatable bonds is 6. The van der Waals surface area contributed by atoms with Crippen molar-refractivity contribution in [2.24, 2.45) is 5.92 Å². The maximum atomic E-state index is 13.0. The fourth-order valence-corrected chi connectivity index (χ4v) is 4.90. The molecule has 2 aromatic rings. The van der Waals surface area contributed by atoms with Crippen LogP contribution in [0.25, 0.3) is 0 Å². The highest BCUT2D eigenvalue weighted by Gasteiger charge is 2.28. The lowest BCUT2D eigenvalue weighted by Crippen LogP contribution is -2.49. The van der Waals surface area contributed by atoms with Gasteiger partial charge in [0.2, 0.25) is 11.8 Å². The minimum absolute atomic E-state index is 0.00968. The summed E-state index contributed by atoms with van der Waals surface area (Å²) in [5.41, 5.74) is 2.65. The molecule has 1 aliphatic carbocycles. The molecule has 2 aliphatic rings. The van der Waals surface area contributed by atoms with E-state index in [9.17, 15) is 14.0 Å². The lowest BCUT2D eigenvalue weighted by atomic mass is 9.86. The van der Waals surface area contributed by atoms with Crippen LogP contribution in [0.1, 0.15) is 57.6 Å². The maximum absolute atomic E-state index is 13.0. The van der Waals surface area contributed by atoms with Gasteiger partial charge in [0.15, 0.2) is 0 Å². The summed E-state index contributed by atoms with van der Waals surface area (Å²) in [5, 5.41) is 3.09. The van der Waals surface area contributed by atoms with E-state index in [2.05, 4.69) is 28.2 Å². The zero-order valence-electron chi connectivity index (χ0n) is 22.8. The van der Waals surface area contributed by atoms with E-state index in [0.29, 0.717) is 19.0 Å². The van der Waals surface area contributed by atoms with Crippen molar-refractivity contribution < 1.29 is 23.5 Å². The number of halogens is 1. The highest BCUT2D eigenvalue weighted by Crippen LogP contribution is 2.28. The SMILES string of the molecule is Cc1cc(NC(=O)C2CCC(Oc3ccc(F)cn3)CC2)ccc1CN1CCN(C(=O)OC(C)(C)C)CC1. The number of amides is 2. The molecule has 38 heavy (non-hydrogen) atoms. The molecule has 1 aromatic carbocycles. The van der Waals surface area contributed by atoms with Gasteiger partial charge in [-0.15, -0.1) is 0 Å². The van der Waals surface area contributed by atoms with Gasteiger partial charge in [0.1, 0.15) is 17.5 Å². The molecule has 4 rings (SSSR count). The standard InChI is InChI=1S/C29H39FN4O4/c1-20-17-24(9-5-22(20)19-33-13-15-34(16-14-33)28(36)38-29(2,3)4)32-27(35)21-6-10-25(11-7-21)37-26-12-8-23(30)18-31-26/h5,8-9,12,17-18,21,25H,6-7,10-11,13-16,19H2,1-4H3,(H,32,35). The van der Waals surface area contributed by atoms with Gasteiger partial charge in [0, 0.05) is 50.4 Å². The van der Waals surface area contributed by atoms with Crippen LogP contribution in [0.4, 0.5) is 14.9 Å². The molecule has 1 aromatic heterocycles. The fourth-order valence-electron chi connectivity index (χ4n) is 4.90. The lowest BCUT2D eigenvalue weighted by molar-refractivity contribution is -0.121. The summed E-state index contributed by atoms with van der Waals surface area (Å²) in [4.78, 5) is 33.3. The Balaban J connectivity index is 1.21. The first kappa shape index (κ1) is 27.8. The molecule has 2 heterocycles. The smallest absolute Gasteiger partial charge is 0.410 e. The van der Waals surface area contributed by atoms with Crippen molar-refractivity contribution in [1.82, 2.24) is 14.8 Å². The summed E-state index contributed by atoms with van der Waals surface area (Å²) in [6.45, 7) is 11.4. The quantitative estimate of drug-likeness (QED) is 0.560. The molecule has 1 saturated carbocycles. The number of nitrogens with one attached hydrogen (secondary N) is 1. The van der Waals surface area contributed by atoms with Gasteiger partial charge < -0.3 is 19.7 Å². The molecule has 0 unspecified atom stereocenters. The predicted octanol–water partition coefficient (Wildman–Crippen LogP) is 5.16. The highest BCUT2D eigenvalue weighted by atomic mass is 19.1. The zero-order valence-corrected chi connectivity index (χ0v) is 22.8. The number of piperazine rings is 1. The van der Waals surface area contributed by atoms with Crippen LogP contribution >= 0.6 is 0 Å². The van der Waals surface area contributed by atoms with Gasteiger partial charge in [-0.3, -0.25) is 9.69 Å². The van der Waals surface area contributed by atoms with Gasteiger partial charge in [-0.05, 0) is 82.7 Å². The van der Waals surface area contributed by atoms with E-state index in [1.807, 2.05) is 32.9 Å². The molecule has 1 N–H and O–H groups in total. The second-order valence-electron chi connectivity index (χ2n) is 11.3. The average Bonchev–Trinajstić information content (AvgIpc) is 2.87. The number of aryl methyl sites for hydroxylation is 1. The summed E-state index contributed by atoms with van der Waals surface area (Å²) in [6, 6.07) is 8.93. The van der Waals surface area contributed by atoms with Crippen molar-refractivity contribution in [2.45, 2.75) is 71.6 Å². The van der Waals surface area contributed by atoms with E-state index in [4.69, 9.17) is 9.47 Å². The number of anilines is 1. The Labute approximate surface area is 224 Å². The van der Waals surface area contributed by atoms with E-state index < -0.39 is 5.60 Å². The number of hydrogen-bond donors (Lipinski definition) is 1. The molecule has 2 amide bonds. The van der Waals surface area contributed by atoms with Gasteiger partial charge in [-0.2, -0.15) is 0 Å². The molecule has 0 radical (unpaired) electrons. The molecule has 2 fully saturated rings. The minimum atomic E-state index is -0.487. The normalized spacial score (nSPS) is 20.6. The summed E-state index contributed by atoms with van der Waals surface area (Å²) in [6.07, 6.45) is 3.89. The van der Waals surface area contributed by atoms with Crippen LogP contribution in [-0.2, 0) is 16.1 Å². The zero-order chi connectivity index (χ0) is 27.3. The Morgan fingerprint density at radius 2 is 1.76 bits per heavy atom. The third-order valence-electron chi connectivity index (χ3n) is 7.06. The topological polar surface area (TPSA) is 84.0 Å². The Morgan fingerprint density at radius 1 is 1.05 bits per heavy atom. The Bertz CT molecular complexity index is 1100. The molecule has 0 bridgehead atoms. The van der Waals surface area contributed by atoms with Gasteiger partial charge in [-0.1, -0.05) is 6.07 Å². The van der Waals surface area contributed by atoms with Crippen molar-refractivity contribution in [3.63, 3.8) is 0 Å². The van der Waals surface area contributed by atoms with Crippen molar-refractivity contribution in [1.29, 1.82) is 0 Å². The Morgan fingerprint density at radius 3 is 2.37 bits per heavy atom. The van der Waals surface area contributed by atoms with E-state index in [0.717, 1.165) is 62.8 Å². The molecule has 0 atom stereocenters. The van der Waals surface area contributed by atoms with Crippen LogP contribution in [0.2, 0.25) is 0 Å². The molecule has 9 heteroatoms. The second kappa shape index (κ2) is 12.1. The summed E-state index contributed by atoms with van der Waals surface area (Å²) < 4.78 is 24.4. The molecule has 8 nitrogen and oxygen atoms in total. The van der Waals surface area contributed by atoms with E-state index in [-0.39, 0.29) is 29.8 Å². The summed E-state index contributed by atoms with van der Waals surface area (Å²) in [7, 11) is 0. The first-order valence-corrected chi connectivity index (χ1v) is 13.4. The minimum Gasteiger partial charge on any atom is -0.474 e. The average molecular weight is 527 g/mol. The van der Waals surface area contributed by atoms with E-state index in [1.165, 1.54) is 17.7 Å². The Kier molecular flexibility index (Phi) is 8.87. The van der Waals surface area contributed by atoms with Gasteiger partial charge in [0.05, 0.1) is 6.20 Å². The van der Waals surface area contributed by atoms with E-state index in [1.54, 1.807) is 4.90 Å². The maximum Gasteiger partial charge on any atom is 0.410 e. The lowest BCUT2D eigenvalue weighted by Gasteiger charge is -2.35. The van der Waals surface area contributed by atoms with Crippen molar-refractivity contribution >= 4 is 17.7 Å². The fraction of sp³-hybridized carbons (Fsp3) is 0.552. The number of carbonyl (C=O) groups is 2.